The Balaban J connectivity index is 1.50. The third-order valence-electron chi connectivity index (χ3n) is 4.72. The van der Waals surface area contributed by atoms with Crippen molar-refractivity contribution >= 4 is 5.82 Å². The number of aryl methyl sites for hydroxylation is 1. The minimum Gasteiger partial charge on any atom is -0.381 e. The highest BCUT2D eigenvalue weighted by Gasteiger charge is 2.24. The van der Waals surface area contributed by atoms with Crippen LogP contribution in [0.4, 0.5) is 5.82 Å². The molecule has 2 aliphatic heterocycles. The summed E-state index contributed by atoms with van der Waals surface area (Å²) in [5.74, 6) is 1.20. The zero-order chi connectivity index (χ0) is 15.4. The summed E-state index contributed by atoms with van der Waals surface area (Å²) in [4.78, 5) is 18.9. The average molecular weight is 306 g/mol. The number of anilines is 1. The Morgan fingerprint density at radius 3 is 2.86 bits per heavy atom. The third kappa shape index (κ3) is 3.67. The Morgan fingerprint density at radius 1 is 1.36 bits per heavy atom. The van der Waals surface area contributed by atoms with Crippen molar-refractivity contribution < 1.29 is 4.74 Å². The first-order valence-electron chi connectivity index (χ1n) is 8.38. The second-order valence-corrected chi connectivity index (χ2v) is 6.32. The molecular weight excluding hydrogens is 280 g/mol. The molecule has 2 saturated heterocycles. The maximum Gasteiger partial charge on any atom is 0.293 e. The summed E-state index contributed by atoms with van der Waals surface area (Å²) < 4.78 is 7.13. The van der Waals surface area contributed by atoms with Crippen molar-refractivity contribution in [1.29, 1.82) is 0 Å². The van der Waals surface area contributed by atoms with Crippen LogP contribution in [0, 0.1) is 5.92 Å². The molecule has 0 spiro atoms. The van der Waals surface area contributed by atoms with Crippen LogP contribution in [0.15, 0.2) is 17.2 Å². The van der Waals surface area contributed by atoms with E-state index in [1.165, 1.54) is 6.42 Å². The van der Waals surface area contributed by atoms with Crippen molar-refractivity contribution in [2.75, 3.05) is 38.2 Å². The molecule has 2 aliphatic rings. The number of hydrogen-bond donors (Lipinski definition) is 1. The molecule has 1 aromatic heterocycles. The van der Waals surface area contributed by atoms with Crippen LogP contribution in [0.5, 0.6) is 0 Å². The Kier molecular flexibility index (Phi) is 5.10. The molecule has 2 fully saturated rings. The van der Waals surface area contributed by atoms with E-state index in [0.717, 1.165) is 45.7 Å². The maximum absolute atomic E-state index is 12.2. The van der Waals surface area contributed by atoms with Crippen molar-refractivity contribution in [3.8, 4) is 0 Å². The number of nitrogens with one attached hydrogen (secondary N) is 1. The molecule has 0 amide bonds. The molecule has 0 bridgehead atoms. The molecule has 0 radical (unpaired) electrons. The van der Waals surface area contributed by atoms with Crippen molar-refractivity contribution in [1.82, 2.24) is 14.5 Å². The number of likely N-dealkylation sites (tertiary alicyclic amines) is 1. The van der Waals surface area contributed by atoms with Gasteiger partial charge in [-0.3, -0.25) is 4.79 Å². The van der Waals surface area contributed by atoms with Crippen molar-refractivity contribution in [3.63, 3.8) is 0 Å². The minimum atomic E-state index is -0.0180. The van der Waals surface area contributed by atoms with Crippen LogP contribution >= 0.6 is 0 Å². The van der Waals surface area contributed by atoms with E-state index in [4.69, 9.17) is 4.74 Å². The molecule has 0 unspecified atom stereocenters. The number of aromatic nitrogens is 2. The second kappa shape index (κ2) is 7.24. The van der Waals surface area contributed by atoms with E-state index in [1.54, 1.807) is 17.0 Å². The van der Waals surface area contributed by atoms with Crippen LogP contribution in [-0.4, -0.2) is 53.3 Å². The van der Waals surface area contributed by atoms with E-state index >= 15 is 0 Å². The van der Waals surface area contributed by atoms with E-state index in [9.17, 15) is 4.79 Å². The van der Waals surface area contributed by atoms with E-state index < -0.39 is 0 Å². The predicted molar refractivity (Wildman–Crippen MR) is 86.2 cm³/mol. The van der Waals surface area contributed by atoms with Gasteiger partial charge in [-0.05, 0) is 32.1 Å². The van der Waals surface area contributed by atoms with Gasteiger partial charge in [0.05, 0.1) is 6.61 Å². The Labute approximate surface area is 131 Å². The molecule has 3 heterocycles. The van der Waals surface area contributed by atoms with Gasteiger partial charge in [-0.2, -0.15) is 0 Å². The summed E-state index contributed by atoms with van der Waals surface area (Å²) in [6.45, 7) is 7.81. The largest absolute Gasteiger partial charge is 0.381 e. The molecule has 1 N–H and O–H groups in total. The number of rotatable bonds is 5. The predicted octanol–water partition coefficient (Wildman–Crippen LogP) is 1.18. The molecular formula is C16H26N4O2. The smallest absolute Gasteiger partial charge is 0.293 e. The summed E-state index contributed by atoms with van der Waals surface area (Å²) in [5.41, 5.74) is -0.0180. The molecule has 3 rings (SSSR count). The SMILES string of the molecule is CCn1ccnc(NC2CCN(C[C@@H]3CCOC3)CC2)c1=O. The third-order valence-corrected chi connectivity index (χ3v) is 4.72. The first-order valence-corrected chi connectivity index (χ1v) is 8.38. The summed E-state index contributed by atoms with van der Waals surface area (Å²) in [5, 5.41) is 3.34. The van der Waals surface area contributed by atoms with E-state index in [1.807, 2.05) is 6.92 Å². The fourth-order valence-electron chi connectivity index (χ4n) is 3.34. The lowest BCUT2D eigenvalue weighted by Gasteiger charge is -2.33. The van der Waals surface area contributed by atoms with Crippen LogP contribution in [0.3, 0.4) is 0 Å². The number of piperidine rings is 1. The standard InChI is InChI=1S/C16H26N4O2/c1-2-20-9-6-17-15(16(20)21)18-14-3-7-19(8-4-14)11-13-5-10-22-12-13/h6,9,13-14H,2-5,7-8,10-12H2,1H3,(H,17,18)/t13-/m0/s1. The van der Waals surface area contributed by atoms with Gasteiger partial charge >= 0.3 is 0 Å². The lowest BCUT2D eigenvalue weighted by atomic mass is 10.0. The van der Waals surface area contributed by atoms with Gasteiger partial charge in [0.1, 0.15) is 0 Å². The summed E-state index contributed by atoms with van der Waals surface area (Å²) in [6, 6.07) is 0.351. The van der Waals surface area contributed by atoms with Gasteiger partial charge in [0.25, 0.3) is 5.56 Å². The summed E-state index contributed by atoms with van der Waals surface area (Å²) in [7, 11) is 0. The molecule has 1 atom stereocenters. The van der Waals surface area contributed by atoms with Crippen LogP contribution in [0.1, 0.15) is 26.2 Å². The lowest BCUT2D eigenvalue weighted by molar-refractivity contribution is 0.154. The van der Waals surface area contributed by atoms with E-state index in [0.29, 0.717) is 24.3 Å². The average Bonchev–Trinajstić information content (AvgIpc) is 3.04. The zero-order valence-electron chi connectivity index (χ0n) is 13.3. The molecule has 6 heteroatoms. The molecule has 1 aromatic rings. The summed E-state index contributed by atoms with van der Waals surface area (Å²) >= 11 is 0. The van der Waals surface area contributed by atoms with Crippen molar-refractivity contribution in [2.24, 2.45) is 5.92 Å². The second-order valence-electron chi connectivity index (χ2n) is 6.32. The van der Waals surface area contributed by atoms with Gasteiger partial charge in [-0.15, -0.1) is 0 Å². The quantitative estimate of drug-likeness (QED) is 0.885. The normalized spacial score (nSPS) is 23.8. The zero-order valence-corrected chi connectivity index (χ0v) is 13.3. The van der Waals surface area contributed by atoms with E-state index in [2.05, 4.69) is 15.2 Å². The fourth-order valence-corrected chi connectivity index (χ4v) is 3.34. The fraction of sp³-hybridized carbons (Fsp3) is 0.750. The van der Waals surface area contributed by atoms with Crippen LogP contribution in [0.2, 0.25) is 0 Å². The highest BCUT2D eigenvalue weighted by molar-refractivity contribution is 5.32. The molecule has 22 heavy (non-hydrogen) atoms. The van der Waals surface area contributed by atoms with Crippen molar-refractivity contribution in [2.45, 2.75) is 38.8 Å². The lowest BCUT2D eigenvalue weighted by Crippen LogP contribution is -2.42. The van der Waals surface area contributed by atoms with Gasteiger partial charge in [0.2, 0.25) is 0 Å². The van der Waals surface area contributed by atoms with Crippen LogP contribution < -0.4 is 10.9 Å². The van der Waals surface area contributed by atoms with Crippen molar-refractivity contribution in [3.05, 3.63) is 22.7 Å². The number of hydrogen-bond acceptors (Lipinski definition) is 5. The highest BCUT2D eigenvalue weighted by Crippen LogP contribution is 2.18. The van der Waals surface area contributed by atoms with Crippen LogP contribution in [0.25, 0.3) is 0 Å². The van der Waals surface area contributed by atoms with Gasteiger partial charge in [0, 0.05) is 51.2 Å². The molecule has 0 saturated carbocycles. The van der Waals surface area contributed by atoms with Crippen LogP contribution in [-0.2, 0) is 11.3 Å². The Hall–Kier alpha value is -1.40. The number of ether oxygens (including phenoxy) is 1. The van der Waals surface area contributed by atoms with Gasteiger partial charge in [-0.1, -0.05) is 0 Å². The topological polar surface area (TPSA) is 59.4 Å². The minimum absolute atomic E-state index is 0.0180. The molecule has 122 valence electrons. The summed E-state index contributed by atoms with van der Waals surface area (Å²) in [6.07, 6.45) is 6.76. The van der Waals surface area contributed by atoms with Gasteiger partial charge in [0.15, 0.2) is 5.82 Å². The maximum atomic E-state index is 12.2. The molecule has 6 nitrogen and oxygen atoms in total. The Bertz CT molecular complexity index is 531. The molecule has 0 aromatic carbocycles. The monoisotopic (exact) mass is 306 g/mol. The number of nitrogens with zero attached hydrogens (tertiary/aromatic N) is 3. The Morgan fingerprint density at radius 2 is 2.18 bits per heavy atom. The first kappa shape index (κ1) is 15.5. The van der Waals surface area contributed by atoms with E-state index in [-0.39, 0.29) is 5.56 Å². The van der Waals surface area contributed by atoms with Gasteiger partial charge < -0.3 is 19.5 Å². The van der Waals surface area contributed by atoms with Gasteiger partial charge in [-0.25, -0.2) is 4.98 Å². The first-order chi connectivity index (χ1) is 10.8. The highest BCUT2D eigenvalue weighted by atomic mass is 16.5. The molecule has 0 aliphatic carbocycles.